The lowest BCUT2D eigenvalue weighted by Crippen LogP contribution is -2.51. The molecule has 1 aromatic carbocycles. The van der Waals surface area contributed by atoms with Crippen LogP contribution in [0.4, 0.5) is 4.79 Å². The van der Waals surface area contributed by atoms with Gasteiger partial charge in [0.05, 0.1) is 4.90 Å². The van der Waals surface area contributed by atoms with Crippen molar-refractivity contribution in [1.29, 1.82) is 0 Å². The number of hydrogen-bond donors (Lipinski definition) is 2. The SMILES string of the molecule is Cc1ccc(S(=O)(=O)NC(C)(C)C)cc1C(=O)NCCN1CCN(C(=O)OC(C)(C)C)CC1. The largest absolute Gasteiger partial charge is 0.444 e. The number of carbonyl (C=O) groups is 2. The summed E-state index contributed by atoms with van der Waals surface area (Å²) in [7, 11) is -3.73. The van der Waals surface area contributed by atoms with Gasteiger partial charge in [-0.15, -0.1) is 0 Å². The number of nitrogens with one attached hydrogen (secondary N) is 2. The van der Waals surface area contributed by atoms with Gasteiger partial charge in [-0.05, 0) is 66.2 Å². The highest BCUT2D eigenvalue weighted by Gasteiger charge is 2.26. The molecule has 0 atom stereocenters. The maximum atomic E-state index is 12.7. The predicted octanol–water partition coefficient (Wildman–Crippen LogP) is 2.35. The van der Waals surface area contributed by atoms with Gasteiger partial charge in [-0.1, -0.05) is 6.07 Å². The number of rotatable bonds is 6. The maximum absolute atomic E-state index is 12.7. The second-order valence-corrected chi connectivity index (χ2v) is 12.1. The summed E-state index contributed by atoms with van der Waals surface area (Å²) >= 11 is 0. The molecule has 0 saturated carbocycles. The Bertz CT molecular complexity index is 956. The summed E-state index contributed by atoms with van der Waals surface area (Å²) in [6.07, 6.45) is -0.304. The normalized spacial score (nSPS) is 15.9. The van der Waals surface area contributed by atoms with Crippen molar-refractivity contribution in [2.75, 3.05) is 39.3 Å². The van der Waals surface area contributed by atoms with E-state index >= 15 is 0 Å². The average Bonchev–Trinajstić information content (AvgIpc) is 2.65. The van der Waals surface area contributed by atoms with Crippen LogP contribution in [0.5, 0.6) is 0 Å². The molecule has 0 unspecified atom stereocenters. The van der Waals surface area contributed by atoms with Gasteiger partial charge in [0.15, 0.2) is 0 Å². The third kappa shape index (κ3) is 8.60. The molecule has 2 amide bonds. The molecule has 0 aliphatic carbocycles. The maximum Gasteiger partial charge on any atom is 0.410 e. The standard InChI is InChI=1S/C23H38N4O5S/c1-17-8-9-18(33(30,31)25-22(2,3)4)16-19(17)20(28)24-10-11-26-12-14-27(15-13-26)21(29)32-23(5,6)7/h8-9,16,25H,10-15H2,1-7H3,(H,24,28). The molecule has 1 aliphatic heterocycles. The van der Waals surface area contributed by atoms with Crippen LogP contribution >= 0.6 is 0 Å². The molecule has 186 valence electrons. The average molecular weight is 483 g/mol. The molecule has 0 spiro atoms. The van der Waals surface area contributed by atoms with Crippen molar-refractivity contribution < 1.29 is 22.7 Å². The molecule has 0 aromatic heterocycles. The Balaban J connectivity index is 1.89. The summed E-state index contributed by atoms with van der Waals surface area (Å²) in [5.41, 5.74) is -0.106. The number of ether oxygens (including phenoxy) is 1. The predicted molar refractivity (Wildman–Crippen MR) is 128 cm³/mol. The Labute approximate surface area is 197 Å². The quantitative estimate of drug-likeness (QED) is 0.644. The molecule has 1 fully saturated rings. The van der Waals surface area contributed by atoms with Gasteiger partial charge in [0.1, 0.15) is 5.60 Å². The van der Waals surface area contributed by atoms with Crippen LogP contribution in [0.15, 0.2) is 23.1 Å². The minimum atomic E-state index is -3.73. The van der Waals surface area contributed by atoms with E-state index < -0.39 is 21.2 Å². The summed E-state index contributed by atoms with van der Waals surface area (Å²) < 4.78 is 33.3. The molecule has 2 N–H and O–H groups in total. The van der Waals surface area contributed by atoms with Crippen molar-refractivity contribution >= 4 is 22.0 Å². The van der Waals surface area contributed by atoms with Gasteiger partial charge in [0.25, 0.3) is 5.91 Å². The van der Waals surface area contributed by atoms with Crippen molar-refractivity contribution in [1.82, 2.24) is 19.8 Å². The fraction of sp³-hybridized carbons (Fsp3) is 0.652. The third-order valence-electron chi connectivity index (χ3n) is 4.94. The van der Waals surface area contributed by atoms with Crippen molar-refractivity contribution in [2.45, 2.75) is 64.5 Å². The molecule has 0 bridgehead atoms. The van der Waals surface area contributed by atoms with E-state index in [1.54, 1.807) is 38.7 Å². The lowest BCUT2D eigenvalue weighted by atomic mass is 10.1. The van der Waals surface area contributed by atoms with E-state index in [4.69, 9.17) is 4.74 Å². The topological polar surface area (TPSA) is 108 Å². The molecule has 1 saturated heterocycles. The first-order chi connectivity index (χ1) is 15.1. The number of aryl methyl sites for hydroxylation is 1. The summed E-state index contributed by atoms with van der Waals surface area (Å²) in [4.78, 5) is 28.8. The minimum absolute atomic E-state index is 0.0615. The summed E-state index contributed by atoms with van der Waals surface area (Å²) in [6.45, 7) is 16.2. The van der Waals surface area contributed by atoms with Gasteiger partial charge in [0.2, 0.25) is 10.0 Å². The number of nitrogens with zero attached hydrogens (tertiary/aromatic N) is 2. The van der Waals surface area contributed by atoms with E-state index in [2.05, 4.69) is 14.9 Å². The number of amides is 2. The van der Waals surface area contributed by atoms with Gasteiger partial charge in [-0.3, -0.25) is 9.69 Å². The molecule has 2 rings (SSSR count). The van der Waals surface area contributed by atoms with Crippen LogP contribution in [0.25, 0.3) is 0 Å². The van der Waals surface area contributed by atoms with E-state index in [0.717, 1.165) is 0 Å². The Morgan fingerprint density at radius 1 is 1.03 bits per heavy atom. The zero-order valence-corrected chi connectivity index (χ0v) is 21.6. The van der Waals surface area contributed by atoms with Crippen LogP contribution in [-0.4, -0.2) is 80.6 Å². The minimum Gasteiger partial charge on any atom is -0.444 e. The number of sulfonamides is 1. The third-order valence-corrected chi connectivity index (χ3v) is 6.70. The van der Waals surface area contributed by atoms with Crippen LogP contribution in [0.3, 0.4) is 0 Å². The Hall–Kier alpha value is -2.17. The molecule has 9 nitrogen and oxygen atoms in total. The van der Waals surface area contributed by atoms with Crippen molar-refractivity contribution in [2.24, 2.45) is 0 Å². The monoisotopic (exact) mass is 482 g/mol. The van der Waals surface area contributed by atoms with Crippen LogP contribution in [0.2, 0.25) is 0 Å². The van der Waals surface area contributed by atoms with E-state index in [9.17, 15) is 18.0 Å². The number of piperazine rings is 1. The Kier molecular flexibility index (Phi) is 8.53. The smallest absolute Gasteiger partial charge is 0.410 e. The highest BCUT2D eigenvalue weighted by molar-refractivity contribution is 7.89. The first-order valence-electron chi connectivity index (χ1n) is 11.2. The first-order valence-corrected chi connectivity index (χ1v) is 12.7. The second-order valence-electron chi connectivity index (χ2n) is 10.4. The van der Waals surface area contributed by atoms with Crippen molar-refractivity contribution in [3.8, 4) is 0 Å². The number of hydrogen-bond acceptors (Lipinski definition) is 6. The number of carbonyl (C=O) groups excluding carboxylic acids is 2. The fourth-order valence-electron chi connectivity index (χ4n) is 3.38. The molecular formula is C23H38N4O5S. The summed E-state index contributed by atoms with van der Waals surface area (Å²) in [6, 6.07) is 4.56. The molecule has 0 radical (unpaired) electrons. The zero-order chi connectivity index (χ0) is 25.0. The highest BCUT2D eigenvalue weighted by Crippen LogP contribution is 2.18. The van der Waals surface area contributed by atoms with E-state index in [0.29, 0.717) is 50.4 Å². The lowest BCUT2D eigenvalue weighted by Gasteiger charge is -2.35. The molecule has 1 aromatic rings. The molecular weight excluding hydrogens is 444 g/mol. The van der Waals surface area contributed by atoms with Gasteiger partial charge < -0.3 is 15.0 Å². The molecule has 1 heterocycles. The van der Waals surface area contributed by atoms with Gasteiger partial charge >= 0.3 is 6.09 Å². The Morgan fingerprint density at radius 2 is 1.64 bits per heavy atom. The zero-order valence-electron chi connectivity index (χ0n) is 20.8. The highest BCUT2D eigenvalue weighted by atomic mass is 32.2. The van der Waals surface area contributed by atoms with Crippen molar-refractivity contribution in [3.63, 3.8) is 0 Å². The first kappa shape index (κ1) is 27.1. The van der Waals surface area contributed by atoms with Gasteiger partial charge in [-0.2, -0.15) is 0 Å². The summed E-state index contributed by atoms with van der Waals surface area (Å²) in [5, 5.41) is 2.88. The van der Waals surface area contributed by atoms with E-state index in [1.807, 2.05) is 20.8 Å². The van der Waals surface area contributed by atoms with Crippen molar-refractivity contribution in [3.05, 3.63) is 29.3 Å². The Morgan fingerprint density at radius 3 is 2.18 bits per heavy atom. The number of benzene rings is 1. The van der Waals surface area contributed by atoms with E-state index in [1.165, 1.54) is 12.1 Å². The lowest BCUT2D eigenvalue weighted by molar-refractivity contribution is 0.0147. The van der Waals surface area contributed by atoms with Crippen LogP contribution in [0, 0.1) is 6.92 Å². The van der Waals surface area contributed by atoms with Gasteiger partial charge in [-0.25, -0.2) is 17.9 Å². The van der Waals surface area contributed by atoms with E-state index in [-0.39, 0.29) is 16.9 Å². The van der Waals surface area contributed by atoms with Crippen LogP contribution < -0.4 is 10.0 Å². The van der Waals surface area contributed by atoms with Gasteiger partial charge in [0, 0.05) is 50.4 Å². The molecule has 1 aliphatic rings. The van der Waals surface area contributed by atoms with Crippen LogP contribution in [0.1, 0.15) is 57.5 Å². The summed E-state index contributed by atoms with van der Waals surface area (Å²) in [5.74, 6) is -0.312. The molecule has 10 heteroatoms. The fourth-order valence-corrected chi connectivity index (χ4v) is 4.82. The molecule has 33 heavy (non-hydrogen) atoms. The second kappa shape index (κ2) is 10.4. The van der Waals surface area contributed by atoms with Crippen LogP contribution in [-0.2, 0) is 14.8 Å².